The van der Waals surface area contributed by atoms with Crippen LogP contribution in [-0.4, -0.2) is 56.6 Å². The van der Waals surface area contributed by atoms with Crippen molar-refractivity contribution in [3.8, 4) is 22.8 Å². The van der Waals surface area contributed by atoms with E-state index in [2.05, 4.69) is 10.1 Å². The Bertz CT molecular complexity index is 1630. The first-order valence-corrected chi connectivity index (χ1v) is 13.4. The molecule has 1 saturated heterocycles. The fourth-order valence-electron chi connectivity index (χ4n) is 5.20. The molecule has 232 valence electrons. The third-order valence-corrected chi connectivity index (χ3v) is 7.27. The quantitative estimate of drug-likeness (QED) is 0.211. The van der Waals surface area contributed by atoms with Crippen LogP contribution >= 0.6 is 0 Å². The number of aromatic nitrogens is 3. The topological polar surface area (TPSA) is 80.5 Å². The molecule has 0 saturated carbocycles. The van der Waals surface area contributed by atoms with Gasteiger partial charge in [-0.15, -0.1) is 0 Å². The Kier molecular flexibility index (Phi) is 8.64. The molecule has 0 aliphatic carbocycles. The van der Waals surface area contributed by atoms with Crippen molar-refractivity contribution in [1.29, 1.82) is 0 Å². The lowest BCUT2D eigenvalue weighted by Crippen LogP contribution is -2.39. The van der Waals surface area contributed by atoms with E-state index in [-0.39, 0.29) is 35.3 Å². The van der Waals surface area contributed by atoms with Gasteiger partial charge in [0.15, 0.2) is 11.5 Å². The molecule has 2 aromatic heterocycles. The van der Waals surface area contributed by atoms with Crippen LogP contribution < -0.4 is 4.74 Å². The van der Waals surface area contributed by atoms with E-state index in [4.69, 9.17) is 4.74 Å². The molecule has 4 aromatic rings. The summed E-state index contributed by atoms with van der Waals surface area (Å²) in [5.41, 5.74) is -0.587. The number of carbonyl (C=O) groups is 1. The highest BCUT2D eigenvalue weighted by Gasteiger charge is 2.41. The van der Waals surface area contributed by atoms with Gasteiger partial charge in [0.2, 0.25) is 0 Å². The summed E-state index contributed by atoms with van der Waals surface area (Å²) < 4.78 is 99.8. The normalized spacial score (nSPS) is 15.0. The molecule has 14 heteroatoms. The third kappa shape index (κ3) is 7.18. The molecular weight excluding hydrogens is 597 g/mol. The number of pyridine rings is 1. The van der Waals surface area contributed by atoms with Crippen molar-refractivity contribution in [3.05, 3.63) is 95.1 Å². The zero-order valence-electron chi connectivity index (χ0n) is 22.9. The molecule has 0 unspecified atom stereocenters. The third-order valence-electron chi connectivity index (χ3n) is 7.27. The zero-order valence-corrected chi connectivity index (χ0v) is 22.9. The average molecular weight is 623 g/mol. The van der Waals surface area contributed by atoms with E-state index >= 15 is 0 Å². The first-order chi connectivity index (χ1) is 20.8. The minimum absolute atomic E-state index is 0.0575. The maximum Gasteiger partial charge on any atom is 0.434 e. The maximum atomic E-state index is 14.3. The largest absolute Gasteiger partial charge is 0.488 e. The highest BCUT2D eigenvalue weighted by atomic mass is 19.4. The number of alkyl halides is 6. The Labute approximate surface area is 246 Å². The second-order valence-electron chi connectivity index (χ2n) is 10.3. The average Bonchev–Trinajstić information content (AvgIpc) is 3.44. The molecule has 0 amide bonds. The molecule has 0 bridgehead atoms. The number of rotatable bonds is 8. The van der Waals surface area contributed by atoms with Crippen LogP contribution in [0.15, 0.2) is 66.9 Å². The minimum atomic E-state index is -5.05. The van der Waals surface area contributed by atoms with Crippen LogP contribution in [0, 0.1) is 5.82 Å². The van der Waals surface area contributed by atoms with E-state index in [1.807, 2.05) is 24.3 Å². The molecule has 1 N–H and O–H groups in total. The molecule has 0 spiro atoms. The van der Waals surface area contributed by atoms with Gasteiger partial charge in [0.25, 0.3) is 0 Å². The van der Waals surface area contributed by atoms with Gasteiger partial charge in [-0.3, -0.25) is 4.90 Å². The SMILES string of the molecule is O=C(O)c1cnn(-c2cccc(-c3cc(F)ccc3OCc3ccc(C4CCN(CC(F)(F)F)CC4)cc3)n2)c1C(F)(F)F. The lowest BCUT2D eigenvalue weighted by Gasteiger charge is -2.32. The molecule has 3 heterocycles. The standard InChI is InChI=1S/C30H25F7N4O3/c31-21-8-9-25(44-16-18-4-6-19(7-5-18)20-10-12-40(13-11-20)17-29(32,33)34)22(14-21)24-2-1-3-26(39-24)41-27(30(35,36)37)23(15-38-41)28(42)43/h1-9,14-15,20H,10-13,16-17H2,(H,42,43). The van der Waals surface area contributed by atoms with Gasteiger partial charge in [-0.25, -0.2) is 18.9 Å². The van der Waals surface area contributed by atoms with Gasteiger partial charge in [0, 0.05) is 5.56 Å². The number of hydrogen-bond donors (Lipinski definition) is 1. The van der Waals surface area contributed by atoms with Crippen molar-refractivity contribution in [2.75, 3.05) is 19.6 Å². The number of benzene rings is 2. The number of carboxylic acids is 1. The Morgan fingerprint density at radius 1 is 0.977 bits per heavy atom. The van der Waals surface area contributed by atoms with Gasteiger partial charge in [-0.1, -0.05) is 30.3 Å². The fraction of sp³-hybridized carbons (Fsp3) is 0.300. The molecular formula is C30H25F7N4O3. The zero-order chi connectivity index (χ0) is 31.6. The summed E-state index contributed by atoms with van der Waals surface area (Å²) in [7, 11) is 0. The van der Waals surface area contributed by atoms with Gasteiger partial charge in [-0.05, 0) is 73.3 Å². The highest BCUT2D eigenvalue weighted by Crippen LogP contribution is 2.35. The lowest BCUT2D eigenvalue weighted by molar-refractivity contribution is -0.148. The van der Waals surface area contributed by atoms with Crippen molar-refractivity contribution < 1.29 is 45.4 Å². The van der Waals surface area contributed by atoms with E-state index in [1.165, 1.54) is 29.2 Å². The predicted octanol–water partition coefficient (Wildman–Crippen LogP) is 7.11. The van der Waals surface area contributed by atoms with E-state index in [1.54, 1.807) is 0 Å². The van der Waals surface area contributed by atoms with Crippen molar-refractivity contribution in [2.24, 2.45) is 0 Å². The van der Waals surface area contributed by atoms with Crippen molar-refractivity contribution in [1.82, 2.24) is 19.7 Å². The Balaban J connectivity index is 1.32. The molecule has 1 fully saturated rings. The summed E-state index contributed by atoms with van der Waals surface area (Å²) in [5, 5.41) is 12.8. The van der Waals surface area contributed by atoms with Crippen LogP contribution in [0.25, 0.3) is 17.1 Å². The molecule has 7 nitrogen and oxygen atoms in total. The molecule has 0 atom stereocenters. The predicted molar refractivity (Wildman–Crippen MR) is 144 cm³/mol. The van der Waals surface area contributed by atoms with E-state index in [9.17, 15) is 40.6 Å². The summed E-state index contributed by atoms with van der Waals surface area (Å²) in [6.45, 7) is -0.140. The smallest absolute Gasteiger partial charge is 0.434 e. The van der Waals surface area contributed by atoms with Gasteiger partial charge in [0.1, 0.15) is 23.7 Å². The number of piperidine rings is 1. The number of nitrogens with zero attached hydrogens (tertiary/aromatic N) is 4. The Morgan fingerprint density at radius 2 is 1.68 bits per heavy atom. The van der Waals surface area contributed by atoms with E-state index in [0.717, 1.165) is 23.3 Å². The summed E-state index contributed by atoms with van der Waals surface area (Å²) in [6.07, 6.45) is -7.47. The Morgan fingerprint density at radius 3 is 2.32 bits per heavy atom. The molecule has 5 rings (SSSR count). The number of halogens is 7. The van der Waals surface area contributed by atoms with Gasteiger partial charge in [0.05, 0.1) is 18.4 Å². The van der Waals surface area contributed by atoms with E-state index in [0.29, 0.717) is 36.8 Å². The summed E-state index contributed by atoms with van der Waals surface area (Å²) >= 11 is 0. The number of likely N-dealkylation sites (tertiary alicyclic amines) is 1. The fourth-order valence-corrected chi connectivity index (χ4v) is 5.20. The first kappa shape index (κ1) is 31.0. The van der Waals surface area contributed by atoms with Crippen molar-refractivity contribution in [3.63, 3.8) is 0 Å². The maximum absolute atomic E-state index is 14.3. The van der Waals surface area contributed by atoms with Crippen LogP contribution in [0.1, 0.15) is 45.9 Å². The van der Waals surface area contributed by atoms with Crippen molar-refractivity contribution >= 4 is 5.97 Å². The highest BCUT2D eigenvalue weighted by molar-refractivity contribution is 5.89. The number of aromatic carboxylic acids is 1. The summed E-state index contributed by atoms with van der Waals surface area (Å²) in [6, 6.07) is 15.1. The molecule has 1 aliphatic rings. The first-order valence-electron chi connectivity index (χ1n) is 13.4. The summed E-state index contributed by atoms with van der Waals surface area (Å²) in [5.74, 6) is -2.46. The van der Waals surface area contributed by atoms with Crippen LogP contribution in [0.4, 0.5) is 30.7 Å². The molecule has 2 aromatic carbocycles. The second-order valence-corrected chi connectivity index (χ2v) is 10.3. The molecule has 1 aliphatic heterocycles. The molecule has 0 radical (unpaired) electrons. The van der Waals surface area contributed by atoms with Crippen LogP contribution in [0.3, 0.4) is 0 Å². The monoisotopic (exact) mass is 622 g/mol. The van der Waals surface area contributed by atoms with Gasteiger partial charge in [-0.2, -0.15) is 31.4 Å². The van der Waals surface area contributed by atoms with E-state index < -0.39 is 41.9 Å². The number of hydrogen-bond acceptors (Lipinski definition) is 5. The van der Waals surface area contributed by atoms with Crippen LogP contribution in [0.2, 0.25) is 0 Å². The molecule has 44 heavy (non-hydrogen) atoms. The minimum Gasteiger partial charge on any atom is -0.488 e. The Hall–Kier alpha value is -4.46. The number of carboxylic acid groups (broad SMARTS) is 1. The second kappa shape index (κ2) is 12.3. The number of ether oxygens (including phenoxy) is 1. The lowest BCUT2D eigenvalue weighted by atomic mass is 9.89. The van der Waals surface area contributed by atoms with Gasteiger partial charge >= 0.3 is 18.3 Å². The summed E-state index contributed by atoms with van der Waals surface area (Å²) in [4.78, 5) is 17.0. The van der Waals surface area contributed by atoms with Gasteiger partial charge < -0.3 is 9.84 Å². The van der Waals surface area contributed by atoms with Crippen LogP contribution in [-0.2, 0) is 12.8 Å². The van der Waals surface area contributed by atoms with Crippen molar-refractivity contribution in [2.45, 2.75) is 37.7 Å². The van der Waals surface area contributed by atoms with Crippen LogP contribution in [0.5, 0.6) is 5.75 Å².